The molecule has 20 heavy (non-hydrogen) atoms. The van der Waals surface area contributed by atoms with Crippen molar-refractivity contribution in [3.05, 3.63) is 29.3 Å². The Morgan fingerprint density at radius 3 is 2.35 bits per heavy atom. The number of nitrogens with one attached hydrogen (secondary N) is 2. The molecule has 10 heteroatoms. The summed E-state index contributed by atoms with van der Waals surface area (Å²) in [5, 5.41) is 8.74. The summed E-state index contributed by atoms with van der Waals surface area (Å²) in [5.74, 6) is -1.60. The standard InChI is InChI=1S/C10H11F3N2O4S/c1-2-14-20(18,19)15-8-4-6(9(16)17)3-7(5-8)10(11,12)13/h3-5,14-15H,2H2,1H3,(H,16,17). The zero-order chi connectivity index (χ0) is 15.6. The molecule has 6 nitrogen and oxygen atoms in total. The number of anilines is 1. The molecule has 0 bridgehead atoms. The predicted octanol–water partition coefficient (Wildman–Crippen LogP) is 1.67. The molecule has 0 aliphatic rings. The first-order valence-electron chi connectivity index (χ1n) is 5.28. The van der Waals surface area contributed by atoms with E-state index in [1.54, 1.807) is 0 Å². The molecular weight excluding hydrogens is 301 g/mol. The highest BCUT2D eigenvalue weighted by Gasteiger charge is 2.32. The van der Waals surface area contributed by atoms with Crippen molar-refractivity contribution >= 4 is 21.9 Å². The Labute approximate surface area is 112 Å². The SMILES string of the molecule is CCNS(=O)(=O)Nc1cc(C(=O)O)cc(C(F)(F)F)c1. The highest BCUT2D eigenvalue weighted by Crippen LogP contribution is 2.32. The van der Waals surface area contributed by atoms with Crippen molar-refractivity contribution < 1.29 is 31.5 Å². The van der Waals surface area contributed by atoms with Crippen LogP contribution in [0.25, 0.3) is 0 Å². The second-order valence-electron chi connectivity index (χ2n) is 3.71. The summed E-state index contributed by atoms with van der Waals surface area (Å²) in [7, 11) is -4.05. The van der Waals surface area contributed by atoms with Gasteiger partial charge in [-0.25, -0.2) is 4.79 Å². The van der Waals surface area contributed by atoms with Gasteiger partial charge in [-0.05, 0) is 18.2 Å². The van der Waals surface area contributed by atoms with Crippen LogP contribution in [-0.4, -0.2) is 26.0 Å². The molecule has 0 aliphatic heterocycles. The number of carboxylic acids is 1. The zero-order valence-corrected chi connectivity index (χ0v) is 11.0. The third-order valence-electron chi connectivity index (χ3n) is 2.09. The van der Waals surface area contributed by atoms with Crippen molar-refractivity contribution in [1.29, 1.82) is 0 Å². The van der Waals surface area contributed by atoms with Gasteiger partial charge in [-0.2, -0.15) is 26.3 Å². The number of carbonyl (C=O) groups is 1. The first kappa shape index (κ1) is 16.2. The molecule has 1 aromatic carbocycles. The van der Waals surface area contributed by atoms with E-state index in [9.17, 15) is 26.4 Å². The van der Waals surface area contributed by atoms with E-state index in [0.29, 0.717) is 12.1 Å². The molecular formula is C10H11F3N2O4S. The number of rotatable bonds is 5. The number of hydrogen-bond donors (Lipinski definition) is 3. The van der Waals surface area contributed by atoms with E-state index in [2.05, 4.69) is 0 Å². The maximum atomic E-state index is 12.6. The van der Waals surface area contributed by atoms with Gasteiger partial charge in [-0.1, -0.05) is 6.92 Å². The van der Waals surface area contributed by atoms with Crippen LogP contribution in [0.1, 0.15) is 22.8 Å². The number of halogens is 3. The number of benzene rings is 1. The molecule has 0 amide bonds. The van der Waals surface area contributed by atoms with Crippen LogP contribution in [0.15, 0.2) is 18.2 Å². The topological polar surface area (TPSA) is 95.5 Å². The van der Waals surface area contributed by atoms with Gasteiger partial charge in [0.1, 0.15) is 0 Å². The molecule has 0 spiro atoms. The Morgan fingerprint density at radius 2 is 1.90 bits per heavy atom. The van der Waals surface area contributed by atoms with Crippen molar-refractivity contribution in [2.24, 2.45) is 0 Å². The van der Waals surface area contributed by atoms with Crippen molar-refractivity contribution in [3.63, 3.8) is 0 Å². The van der Waals surface area contributed by atoms with E-state index in [1.807, 2.05) is 9.44 Å². The summed E-state index contributed by atoms with van der Waals surface area (Å²) in [5.41, 5.74) is -2.42. The molecule has 0 aliphatic carbocycles. The van der Waals surface area contributed by atoms with Crippen LogP contribution in [0.3, 0.4) is 0 Å². The van der Waals surface area contributed by atoms with E-state index in [-0.39, 0.29) is 6.54 Å². The molecule has 0 atom stereocenters. The molecule has 3 N–H and O–H groups in total. The van der Waals surface area contributed by atoms with Crippen LogP contribution in [0.4, 0.5) is 18.9 Å². The molecule has 0 aromatic heterocycles. The van der Waals surface area contributed by atoms with Crippen LogP contribution >= 0.6 is 0 Å². The van der Waals surface area contributed by atoms with E-state index in [4.69, 9.17) is 5.11 Å². The summed E-state index contributed by atoms with van der Waals surface area (Å²) >= 11 is 0. The summed E-state index contributed by atoms with van der Waals surface area (Å²) in [6.45, 7) is 1.51. The smallest absolute Gasteiger partial charge is 0.416 e. The molecule has 0 radical (unpaired) electrons. The number of carboxylic acid groups (broad SMARTS) is 1. The Balaban J connectivity index is 3.27. The molecule has 0 saturated carbocycles. The largest absolute Gasteiger partial charge is 0.478 e. The van der Waals surface area contributed by atoms with E-state index >= 15 is 0 Å². The molecule has 1 rings (SSSR count). The fourth-order valence-electron chi connectivity index (χ4n) is 1.35. The molecule has 112 valence electrons. The molecule has 0 saturated heterocycles. The lowest BCUT2D eigenvalue weighted by atomic mass is 10.1. The molecule has 0 unspecified atom stereocenters. The normalized spacial score (nSPS) is 12.2. The number of aromatic carboxylic acids is 1. The molecule has 0 fully saturated rings. The first-order chi connectivity index (χ1) is 9.05. The third kappa shape index (κ3) is 4.38. The van der Waals surface area contributed by atoms with Crippen molar-refractivity contribution in [3.8, 4) is 0 Å². The second kappa shape index (κ2) is 5.67. The Hall–Kier alpha value is -1.81. The van der Waals surface area contributed by atoms with Crippen LogP contribution in [-0.2, 0) is 16.4 Å². The highest BCUT2D eigenvalue weighted by molar-refractivity contribution is 7.90. The maximum absolute atomic E-state index is 12.6. The van der Waals surface area contributed by atoms with Gasteiger partial charge in [0.2, 0.25) is 0 Å². The lowest BCUT2D eigenvalue weighted by Crippen LogP contribution is -2.30. The minimum Gasteiger partial charge on any atom is -0.478 e. The van der Waals surface area contributed by atoms with Gasteiger partial charge >= 0.3 is 12.1 Å². The van der Waals surface area contributed by atoms with E-state index < -0.39 is 39.2 Å². The van der Waals surface area contributed by atoms with Gasteiger partial charge in [0.05, 0.1) is 16.8 Å². The Kier molecular flexibility index (Phi) is 4.61. The minimum absolute atomic E-state index is 0.0279. The minimum atomic E-state index is -4.79. The monoisotopic (exact) mass is 312 g/mol. The average Bonchev–Trinajstić information content (AvgIpc) is 2.26. The van der Waals surface area contributed by atoms with Crippen LogP contribution in [0, 0.1) is 0 Å². The quantitative estimate of drug-likeness (QED) is 0.770. The third-order valence-corrected chi connectivity index (χ3v) is 3.27. The van der Waals surface area contributed by atoms with Crippen molar-refractivity contribution in [2.45, 2.75) is 13.1 Å². The van der Waals surface area contributed by atoms with Crippen LogP contribution < -0.4 is 9.44 Å². The summed E-state index contributed by atoms with van der Waals surface area (Å²) in [4.78, 5) is 10.8. The summed E-state index contributed by atoms with van der Waals surface area (Å²) < 4.78 is 64.4. The summed E-state index contributed by atoms with van der Waals surface area (Å²) in [6, 6.07) is 1.74. The molecule has 0 heterocycles. The van der Waals surface area contributed by atoms with E-state index in [0.717, 1.165) is 6.07 Å². The average molecular weight is 312 g/mol. The second-order valence-corrected chi connectivity index (χ2v) is 5.21. The van der Waals surface area contributed by atoms with Gasteiger partial charge in [-0.15, -0.1) is 0 Å². The number of hydrogen-bond acceptors (Lipinski definition) is 3. The Bertz CT molecular complexity index is 613. The zero-order valence-electron chi connectivity index (χ0n) is 10.2. The van der Waals surface area contributed by atoms with Gasteiger partial charge in [0.15, 0.2) is 0 Å². The van der Waals surface area contributed by atoms with Gasteiger partial charge in [-0.3, -0.25) is 4.72 Å². The fourth-order valence-corrected chi connectivity index (χ4v) is 2.24. The predicted molar refractivity (Wildman–Crippen MR) is 64.6 cm³/mol. The lowest BCUT2D eigenvalue weighted by molar-refractivity contribution is -0.137. The van der Waals surface area contributed by atoms with Gasteiger partial charge in [0, 0.05) is 6.54 Å². The van der Waals surface area contributed by atoms with E-state index in [1.165, 1.54) is 6.92 Å². The Morgan fingerprint density at radius 1 is 1.30 bits per heavy atom. The highest BCUT2D eigenvalue weighted by atomic mass is 32.2. The van der Waals surface area contributed by atoms with Gasteiger partial charge < -0.3 is 5.11 Å². The van der Waals surface area contributed by atoms with Gasteiger partial charge in [0.25, 0.3) is 10.2 Å². The van der Waals surface area contributed by atoms with Crippen LogP contribution in [0.5, 0.6) is 0 Å². The fraction of sp³-hybridized carbons (Fsp3) is 0.300. The molecule has 1 aromatic rings. The maximum Gasteiger partial charge on any atom is 0.416 e. The lowest BCUT2D eigenvalue weighted by Gasteiger charge is -2.12. The van der Waals surface area contributed by atoms with Crippen LogP contribution in [0.2, 0.25) is 0 Å². The first-order valence-corrected chi connectivity index (χ1v) is 6.76. The van der Waals surface area contributed by atoms with Crippen molar-refractivity contribution in [2.75, 3.05) is 11.3 Å². The summed E-state index contributed by atoms with van der Waals surface area (Å²) in [6.07, 6.45) is -4.79. The number of alkyl halides is 3. The van der Waals surface area contributed by atoms with Crippen molar-refractivity contribution in [1.82, 2.24) is 4.72 Å².